The van der Waals surface area contributed by atoms with Crippen LogP contribution in [0.1, 0.15) is 42.6 Å². The molecular formula is C15H21N3O. The van der Waals surface area contributed by atoms with E-state index in [9.17, 15) is 0 Å². The molecule has 0 amide bonds. The van der Waals surface area contributed by atoms with Gasteiger partial charge in [-0.2, -0.15) is 4.98 Å². The van der Waals surface area contributed by atoms with Crippen molar-refractivity contribution in [3.05, 3.63) is 47.1 Å². The molecule has 0 radical (unpaired) electrons. The Bertz CT molecular complexity index is 522. The quantitative estimate of drug-likeness (QED) is 0.866. The number of hydrogen-bond donors (Lipinski definition) is 1. The molecule has 1 heterocycles. The van der Waals surface area contributed by atoms with Crippen molar-refractivity contribution in [2.75, 3.05) is 13.1 Å². The Hall–Kier alpha value is -1.68. The minimum absolute atomic E-state index is 0.249. The van der Waals surface area contributed by atoms with Crippen molar-refractivity contribution >= 4 is 0 Å². The van der Waals surface area contributed by atoms with Crippen LogP contribution in [0.2, 0.25) is 0 Å². The molecule has 4 heteroatoms. The third kappa shape index (κ3) is 3.89. The monoisotopic (exact) mass is 259 g/mol. The summed E-state index contributed by atoms with van der Waals surface area (Å²) in [5.41, 5.74) is 2.47. The number of nitrogens with one attached hydrogen (secondary N) is 1. The van der Waals surface area contributed by atoms with E-state index in [1.165, 1.54) is 11.1 Å². The molecule has 0 saturated carbocycles. The van der Waals surface area contributed by atoms with E-state index in [0.29, 0.717) is 5.89 Å². The topological polar surface area (TPSA) is 51.0 Å². The summed E-state index contributed by atoms with van der Waals surface area (Å²) in [5, 5.41) is 7.34. The number of rotatable bonds is 6. The van der Waals surface area contributed by atoms with Crippen molar-refractivity contribution in [1.29, 1.82) is 0 Å². The molecule has 1 aromatic carbocycles. The fourth-order valence-corrected chi connectivity index (χ4v) is 1.99. The summed E-state index contributed by atoms with van der Waals surface area (Å²) in [7, 11) is 0. The Morgan fingerprint density at radius 2 is 2.21 bits per heavy atom. The molecule has 0 spiro atoms. The third-order valence-electron chi connectivity index (χ3n) is 3.05. The van der Waals surface area contributed by atoms with Crippen LogP contribution in [0.25, 0.3) is 0 Å². The van der Waals surface area contributed by atoms with Gasteiger partial charge in [0.1, 0.15) is 0 Å². The van der Waals surface area contributed by atoms with Crippen LogP contribution in [0, 0.1) is 6.92 Å². The SMILES string of the molecule is CCNCC(C)c1nc(Cc2cccc(C)c2)no1. The molecule has 4 nitrogen and oxygen atoms in total. The van der Waals surface area contributed by atoms with Crippen LogP contribution in [0.3, 0.4) is 0 Å². The van der Waals surface area contributed by atoms with Gasteiger partial charge in [-0.1, -0.05) is 48.8 Å². The third-order valence-corrected chi connectivity index (χ3v) is 3.05. The largest absolute Gasteiger partial charge is 0.339 e. The van der Waals surface area contributed by atoms with Gasteiger partial charge >= 0.3 is 0 Å². The molecule has 2 aromatic rings. The molecule has 1 N–H and O–H groups in total. The van der Waals surface area contributed by atoms with Crippen molar-refractivity contribution in [1.82, 2.24) is 15.5 Å². The lowest BCUT2D eigenvalue weighted by atomic mass is 10.1. The molecule has 0 aliphatic rings. The number of nitrogens with zero attached hydrogens (tertiary/aromatic N) is 2. The Kier molecular flexibility index (Phi) is 4.68. The van der Waals surface area contributed by atoms with Gasteiger partial charge in [0.25, 0.3) is 0 Å². The van der Waals surface area contributed by atoms with Crippen LogP contribution in [-0.2, 0) is 6.42 Å². The molecule has 0 saturated heterocycles. The molecule has 102 valence electrons. The highest BCUT2D eigenvalue weighted by Gasteiger charge is 2.13. The molecule has 1 aromatic heterocycles. The molecule has 1 unspecified atom stereocenters. The molecule has 0 aliphatic carbocycles. The van der Waals surface area contributed by atoms with Crippen molar-refractivity contribution in [2.24, 2.45) is 0 Å². The first-order valence-electron chi connectivity index (χ1n) is 6.77. The van der Waals surface area contributed by atoms with Gasteiger partial charge in [-0.3, -0.25) is 0 Å². The van der Waals surface area contributed by atoms with Crippen molar-refractivity contribution < 1.29 is 4.52 Å². The molecule has 0 bridgehead atoms. The molecule has 0 fully saturated rings. The standard InChI is InChI=1S/C15H21N3O/c1-4-16-10-12(3)15-17-14(18-19-15)9-13-7-5-6-11(2)8-13/h5-8,12,16H,4,9-10H2,1-3H3. The van der Waals surface area contributed by atoms with E-state index < -0.39 is 0 Å². The van der Waals surface area contributed by atoms with Crippen LogP contribution in [-0.4, -0.2) is 23.2 Å². The molecule has 2 rings (SSSR count). The average molecular weight is 259 g/mol. The smallest absolute Gasteiger partial charge is 0.230 e. The van der Waals surface area contributed by atoms with Gasteiger partial charge in [0.05, 0.1) is 0 Å². The van der Waals surface area contributed by atoms with E-state index in [1.807, 2.05) is 0 Å². The maximum Gasteiger partial charge on any atom is 0.230 e. The maximum absolute atomic E-state index is 5.32. The Morgan fingerprint density at radius 1 is 1.37 bits per heavy atom. The van der Waals surface area contributed by atoms with E-state index in [2.05, 4.69) is 60.5 Å². The highest BCUT2D eigenvalue weighted by Crippen LogP contribution is 2.14. The highest BCUT2D eigenvalue weighted by molar-refractivity contribution is 5.24. The predicted molar refractivity (Wildman–Crippen MR) is 75.2 cm³/mol. The fraction of sp³-hybridized carbons (Fsp3) is 0.467. The fourth-order valence-electron chi connectivity index (χ4n) is 1.99. The molecule has 0 aliphatic heterocycles. The Balaban J connectivity index is 2.01. The number of likely N-dealkylation sites (N-methyl/N-ethyl adjacent to an activating group) is 1. The van der Waals surface area contributed by atoms with Crippen molar-refractivity contribution in [2.45, 2.75) is 33.1 Å². The van der Waals surface area contributed by atoms with Gasteiger partial charge in [0.15, 0.2) is 5.82 Å². The summed E-state index contributed by atoms with van der Waals surface area (Å²) in [5.74, 6) is 1.71. The van der Waals surface area contributed by atoms with E-state index in [-0.39, 0.29) is 5.92 Å². The van der Waals surface area contributed by atoms with Crippen LogP contribution in [0.5, 0.6) is 0 Å². The average Bonchev–Trinajstić information content (AvgIpc) is 2.84. The molecular weight excluding hydrogens is 238 g/mol. The highest BCUT2D eigenvalue weighted by atomic mass is 16.5. The molecule has 19 heavy (non-hydrogen) atoms. The number of aromatic nitrogens is 2. The minimum Gasteiger partial charge on any atom is -0.339 e. The Morgan fingerprint density at radius 3 is 2.95 bits per heavy atom. The summed E-state index contributed by atoms with van der Waals surface area (Å²) in [4.78, 5) is 4.47. The summed E-state index contributed by atoms with van der Waals surface area (Å²) < 4.78 is 5.32. The predicted octanol–water partition coefficient (Wildman–Crippen LogP) is 2.68. The first-order chi connectivity index (χ1) is 9.19. The lowest BCUT2D eigenvalue weighted by Gasteiger charge is -2.05. The number of aryl methyl sites for hydroxylation is 1. The second-order valence-electron chi connectivity index (χ2n) is 4.92. The van der Waals surface area contributed by atoms with Crippen LogP contribution in [0.4, 0.5) is 0 Å². The van der Waals surface area contributed by atoms with Crippen LogP contribution >= 0.6 is 0 Å². The summed E-state index contributed by atoms with van der Waals surface area (Å²) in [6.07, 6.45) is 0.721. The van der Waals surface area contributed by atoms with Gasteiger partial charge in [-0.15, -0.1) is 0 Å². The Labute approximate surface area is 114 Å². The second-order valence-corrected chi connectivity index (χ2v) is 4.92. The summed E-state index contributed by atoms with van der Waals surface area (Å²) in [6.45, 7) is 8.08. The van der Waals surface area contributed by atoms with Gasteiger partial charge in [0.2, 0.25) is 5.89 Å². The summed E-state index contributed by atoms with van der Waals surface area (Å²) in [6, 6.07) is 8.38. The first-order valence-corrected chi connectivity index (χ1v) is 6.77. The summed E-state index contributed by atoms with van der Waals surface area (Å²) >= 11 is 0. The minimum atomic E-state index is 0.249. The molecule has 1 atom stereocenters. The lowest BCUT2D eigenvalue weighted by Crippen LogP contribution is -2.19. The second kappa shape index (κ2) is 6.48. The van der Waals surface area contributed by atoms with E-state index in [1.54, 1.807) is 0 Å². The zero-order valence-electron chi connectivity index (χ0n) is 11.8. The van der Waals surface area contributed by atoms with E-state index in [4.69, 9.17) is 4.52 Å². The zero-order chi connectivity index (χ0) is 13.7. The van der Waals surface area contributed by atoms with Gasteiger partial charge in [0, 0.05) is 18.9 Å². The van der Waals surface area contributed by atoms with Crippen LogP contribution < -0.4 is 5.32 Å². The zero-order valence-corrected chi connectivity index (χ0v) is 11.8. The number of benzene rings is 1. The van der Waals surface area contributed by atoms with Gasteiger partial charge in [-0.05, 0) is 19.0 Å². The maximum atomic E-state index is 5.32. The van der Waals surface area contributed by atoms with E-state index in [0.717, 1.165) is 25.3 Å². The number of hydrogen-bond acceptors (Lipinski definition) is 4. The van der Waals surface area contributed by atoms with E-state index >= 15 is 0 Å². The lowest BCUT2D eigenvalue weighted by molar-refractivity contribution is 0.352. The normalized spacial score (nSPS) is 12.6. The van der Waals surface area contributed by atoms with Crippen molar-refractivity contribution in [3.8, 4) is 0 Å². The van der Waals surface area contributed by atoms with Gasteiger partial charge in [-0.25, -0.2) is 0 Å². The first kappa shape index (κ1) is 13.7. The van der Waals surface area contributed by atoms with Crippen LogP contribution in [0.15, 0.2) is 28.8 Å². The van der Waals surface area contributed by atoms with Gasteiger partial charge < -0.3 is 9.84 Å². The van der Waals surface area contributed by atoms with Crippen molar-refractivity contribution in [3.63, 3.8) is 0 Å².